The Hall–Kier alpha value is -1.26. The molecule has 4 nitrogen and oxygen atoms in total. The smallest absolute Gasteiger partial charge is 0.412 e. The van der Waals surface area contributed by atoms with Crippen molar-refractivity contribution >= 4 is 23.4 Å². The monoisotopic (exact) mass is 299 g/mol. The van der Waals surface area contributed by atoms with E-state index >= 15 is 0 Å². The van der Waals surface area contributed by atoms with Gasteiger partial charge in [0.1, 0.15) is 5.60 Å². The summed E-state index contributed by atoms with van der Waals surface area (Å²) in [7, 11) is 0. The molecular formula is C15H22ClNO3. The van der Waals surface area contributed by atoms with E-state index in [1.54, 1.807) is 25.1 Å². The first-order valence-corrected chi connectivity index (χ1v) is 7.01. The summed E-state index contributed by atoms with van der Waals surface area (Å²) >= 11 is 6.10. The number of aliphatic hydroxyl groups is 1. The molecule has 1 amide bonds. The third kappa shape index (κ3) is 6.26. The number of nitrogens with one attached hydrogen (secondary N) is 1. The summed E-state index contributed by atoms with van der Waals surface area (Å²) in [6.45, 7) is 7.16. The van der Waals surface area contributed by atoms with Gasteiger partial charge in [0, 0.05) is 10.7 Å². The second-order valence-corrected chi connectivity index (χ2v) is 6.23. The molecule has 1 rings (SSSR count). The van der Waals surface area contributed by atoms with E-state index in [0.717, 1.165) is 5.56 Å². The minimum atomic E-state index is -0.536. The lowest BCUT2D eigenvalue weighted by Gasteiger charge is -2.20. The highest BCUT2D eigenvalue weighted by molar-refractivity contribution is 6.31. The lowest BCUT2D eigenvalue weighted by Crippen LogP contribution is -2.27. The fraction of sp³-hybridized carbons (Fsp3) is 0.533. The Kier molecular flexibility index (Phi) is 5.84. The number of benzene rings is 1. The van der Waals surface area contributed by atoms with Gasteiger partial charge in [0.2, 0.25) is 0 Å². The SMILES string of the molecule is C[C@@H](O)CCc1cc(NC(=O)OC(C)(C)C)ccc1Cl. The van der Waals surface area contributed by atoms with Crippen molar-refractivity contribution in [2.75, 3.05) is 5.32 Å². The van der Waals surface area contributed by atoms with Crippen LogP contribution in [0.5, 0.6) is 0 Å². The Morgan fingerprint density at radius 3 is 2.65 bits per heavy atom. The van der Waals surface area contributed by atoms with Crippen LogP contribution in [-0.2, 0) is 11.2 Å². The summed E-state index contributed by atoms with van der Waals surface area (Å²) in [6.07, 6.45) is 0.394. The van der Waals surface area contributed by atoms with Gasteiger partial charge < -0.3 is 9.84 Å². The Bertz CT molecular complexity index is 467. The molecule has 0 saturated carbocycles. The Morgan fingerprint density at radius 1 is 1.45 bits per heavy atom. The van der Waals surface area contributed by atoms with Crippen LogP contribution in [0.1, 0.15) is 39.7 Å². The van der Waals surface area contributed by atoms with Gasteiger partial charge in [-0.3, -0.25) is 5.32 Å². The summed E-state index contributed by atoms with van der Waals surface area (Å²) in [4.78, 5) is 11.7. The number of anilines is 1. The van der Waals surface area contributed by atoms with Crippen LogP contribution in [0.25, 0.3) is 0 Å². The van der Waals surface area contributed by atoms with E-state index in [-0.39, 0.29) is 6.10 Å². The zero-order valence-electron chi connectivity index (χ0n) is 12.4. The average molecular weight is 300 g/mol. The van der Waals surface area contributed by atoms with Crippen LogP contribution in [0.2, 0.25) is 5.02 Å². The number of amides is 1. The van der Waals surface area contributed by atoms with E-state index in [9.17, 15) is 9.90 Å². The number of ether oxygens (including phenoxy) is 1. The molecule has 1 aromatic carbocycles. The van der Waals surface area contributed by atoms with E-state index in [1.165, 1.54) is 0 Å². The van der Waals surface area contributed by atoms with Gasteiger partial charge in [-0.05, 0) is 64.3 Å². The predicted molar refractivity (Wildman–Crippen MR) is 81.3 cm³/mol. The second-order valence-electron chi connectivity index (χ2n) is 5.82. The molecule has 0 aliphatic carbocycles. The number of aryl methyl sites for hydroxylation is 1. The molecule has 0 saturated heterocycles. The highest BCUT2D eigenvalue weighted by Crippen LogP contribution is 2.23. The molecule has 0 fully saturated rings. The molecule has 0 aliphatic heterocycles. The number of carbonyl (C=O) groups is 1. The first kappa shape index (κ1) is 16.8. The number of rotatable bonds is 4. The van der Waals surface area contributed by atoms with Crippen LogP contribution in [0, 0.1) is 0 Å². The molecule has 5 heteroatoms. The zero-order chi connectivity index (χ0) is 15.3. The maximum Gasteiger partial charge on any atom is 0.412 e. The topological polar surface area (TPSA) is 58.6 Å². The lowest BCUT2D eigenvalue weighted by molar-refractivity contribution is 0.0636. The van der Waals surface area contributed by atoms with Crippen LogP contribution in [0.15, 0.2) is 18.2 Å². The summed E-state index contributed by atoms with van der Waals surface area (Å²) in [6, 6.07) is 5.25. The van der Waals surface area contributed by atoms with Crippen LogP contribution in [-0.4, -0.2) is 22.9 Å². The summed E-state index contributed by atoms with van der Waals surface area (Å²) in [5, 5.41) is 12.6. The van der Waals surface area contributed by atoms with Gasteiger partial charge in [-0.15, -0.1) is 0 Å². The van der Waals surface area contributed by atoms with Crippen molar-refractivity contribution in [3.8, 4) is 0 Å². The fourth-order valence-corrected chi connectivity index (χ4v) is 1.84. The van der Waals surface area contributed by atoms with Crippen molar-refractivity contribution in [1.29, 1.82) is 0 Å². The van der Waals surface area contributed by atoms with Gasteiger partial charge in [-0.2, -0.15) is 0 Å². The number of hydrogen-bond donors (Lipinski definition) is 2. The fourth-order valence-electron chi connectivity index (χ4n) is 1.63. The molecule has 0 spiro atoms. The Morgan fingerprint density at radius 2 is 2.10 bits per heavy atom. The van der Waals surface area contributed by atoms with Gasteiger partial charge in [-0.25, -0.2) is 4.79 Å². The number of aliphatic hydroxyl groups excluding tert-OH is 1. The summed E-state index contributed by atoms with van der Waals surface area (Å²) in [5.41, 5.74) is 0.983. The molecule has 0 radical (unpaired) electrons. The van der Waals surface area contributed by atoms with Crippen LogP contribution in [0.3, 0.4) is 0 Å². The van der Waals surface area contributed by atoms with E-state index in [2.05, 4.69) is 5.32 Å². The molecule has 0 aromatic heterocycles. The minimum Gasteiger partial charge on any atom is -0.444 e. The van der Waals surface area contributed by atoms with Gasteiger partial charge in [-0.1, -0.05) is 11.6 Å². The molecule has 0 heterocycles. The molecule has 20 heavy (non-hydrogen) atoms. The molecule has 0 bridgehead atoms. The highest BCUT2D eigenvalue weighted by Gasteiger charge is 2.16. The first-order chi connectivity index (χ1) is 9.17. The van der Waals surface area contributed by atoms with Crippen molar-refractivity contribution in [2.24, 2.45) is 0 Å². The van der Waals surface area contributed by atoms with Gasteiger partial charge in [0.15, 0.2) is 0 Å². The summed E-state index contributed by atoms with van der Waals surface area (Å²) < 4.78 is 5.19. The normalized spacial score (nSPS) is 12.9. The Balaban J connectivity index is 2.72. The quantitative estimate of drug-likeness (QED) is 0.883. The van der Waals surface area contributed by atoms with Crippen molar-refractivity contribution < 1.29 is 14.6 Å². The lowest BCUT2D eigenvalue weighted by atomic mass is 10.1. The van der Waals surface area contributed by atoms with Crippen LogP contribution in [0.4, 0.5) is 10.5 Å². The first-order valence-electron chi connectivity index (χ1n) is 6.64. The average Bonchev–Trinajstić information content (AvgIpc) is 2.27. The van der Waals surface area contributed by atoms with Crippen LogP contribution < -0.4 is 5.32 Å². The molecule has 112 valence electrons. The summed E-state index contributed by atoms with van der Waals surface area (Å²) in [5.74, 6) is 0. The highest BCUT2D eigenvalue weighted by atomic mass is 35.5. The number of hydrogen-bond acceptors (Lipinski definition) is 3. The van der Waals surface area contributed by atoms with E-state index in [4.69, 9.17) is 16.3 Å². The van der Waals surface area contributed by atoms with E-state index in [0.29, 0.717) is 23.6 Å². The van der Waals surface area contributed by atoms with Crippen LogP contribution >= 0.6 is 11.6 Å². The van der Waals surface area contributed by atoms with Crippen molar-refractivity contribution in [2.45, 2.75) is 52.2 Å². The molecule has 2 N–H and O–H groups in total. The Labute approximate surface area is 125 Å². The molecular weight excluding hydrogens is 278 g/mol. The van der Waals surface area contributed by atoms with Gasteiger partial charge in [0.25, 0.3) is 0 Å². The van der Waals surface area contributed by atoms with Crippen molar-refractivity contribution in [3.05, 3.63) is 28.8 Å². The standard InChI is InChI=1S/C15H22ClNO3/c1-10(18)5-6-11-9-12(7-8-13(11)16)17-14(19)20-15(2,3)4/h7-10,18H,5-6H2,1-4H3,(H,17,19)/t10-/m1/s1. The molecule has 0 aliphatic rings. The largest absolute Gasteiger partial charge is 0.444 e. The van der Waals surface area contributed by atoms with Crippen molar-refractivity contribution in [1.82, 2.24) is 0 Å². The molecule has 1 aromatic rings. The van der Waals surface area contributed by atoms with Crippen molar-refractivity contribution in [3.63, 3.8) is 0 Å². The minimum absolute atomic E-state index is 0.381. The zero-order valence-corrected chi connectivity index (χ0v) is 13.1. The molecule has 1 atom stereocenters. The maximum atomic E-state index is 11.7. The third-order valence-corrected chi connectivity index (χ3v) is 2.89. The third-order valence-electron chi connectivity index (χ3n) is 2.52. The molecule has 0 unspecified atom stereocenters. The maximum absolute atomic E-state index is 11.7. The number of carbonyl (C=O) groups excluding carboxylic acids is 1. The van der Waals surface area contributed by atoms with Gasteiger partial charge >= 0.3 is 6.09 Å². The number of halogens is 1. The van der Waals surface area contributed by atoms with Gasteiger partial charge in [0.05, 0.1) is 6.10 Å². The van der Waals surface area contributed by atoms with E-state index in [1.807, 2.05) is 20.8 Å². The van der Waals surface area contributed by atoms with E-state index < -0.39 is 11.7 Å². The predicted octanol–water partition coefficient (Wildman–Crippen LogP) is 4.00. The second kappa shape index (κ2) is 6.95.